The first-order valence-corrected chi connectivity index (χ1v) is 15.5. The summed E-state index contributed by atoms with van der Waals surface area (Å²) in [6.07, 6.45) is 0. The highest BCUT2D eigenvalue weighted by Gasteiger charge is 2.33. The lowest BCUT2D eigenvalue weighted by atomic mass is 10.1. The molecule has 0 bridgehead atoms. The predicted octanol–water partition coefficient (Wildman–Crippen LogP) is 5.92. The summed E-state index contributed by atoms with van der Waals surface area (Å²) < 4.78 is 47.7. The van der Waals surface area contributed by atoms with Crippen molar-refractivity contribution in [2.24, 2.45) is 5.92 Å². The van der Waals surface area contributed by atoms with Gasteiger partial charge < -0.3 is 15.0 Å². The minimum absolute atomic E-state index is 0.0845. The summed E-state index contributed by atoms with van der Waals surface area (Å²) in [7, 11) is -4.34. The molecule has 3 rings (SSSR count). The zero-order valence-electron chi connectivity index (χ0n) is 23.8. The highest BCUT2D eigenvalue weighted by Crippen LogP contribution is 2.28. The van der Waals surface area contributed by atoms with Crippen LogP contribution in [0.2, 0.25) is 10.0 Å². The molecule has 0 aliphatic carbocycles. The van der Waals surface area contributed by atoms with Crippen LogP contribution in [-0.4, -0.2) is 50.9 Å². The molecule has 1 atom stereocenters. The highest BCUT2D eigenvalue weighted by atomic mass is 35.5. The molecule has 0 saturated heterocycles. The normalized spacial score (nSPS) is 12.1. The molecule has 0 radical (unpaired) electrons. The first-order chi connectivity index (χ1) is 19.8. The molecule has 12 heteroatoms. The van der Waals surface area contributed by atoms with E-state index >= 15 is 0 Å². The molecule has 2 amide bonds. The second-order valence-electron chi connectivity index (χ2n) is 9.96. The number of amides is 2. The van der Waals surface area contributed by atoms with Crippen LogP contribution in [0, 0.1) is 11.7 Å². The van der Waals surface area contributed by atoms with Gasteiger partial charge in [-0.05, 0) is 86.0 Å². The van der Waals surface area contributed by atoms with Gasteiger partial charge in [0.15, 0.2) is 0 Å². The quantitative estimate of drug-likeness (QED) is 0.251. The third-order valence-corrected chi connectivity index (χ3v) is 8.70. The van der Waals surface area contributed by atoms with Crippen molar-refractivity contribution in [3.63, 3.8) is 0 Å². The van der Waals surface area contributed by atoms with Crippen molar-refractivity contribution in [3.05, 3.63) is 88.2 Å². The fraction of sp³-hybridized carbons (Fsp3) is 0.333. The molecule has 0 aromatic heterocycles. The van der Waals surface area contributed by atoms with Gasteiger partial charge in [-0.25, -0.2) is 12.8 Å². The highest BCUT2D eigenvalue weighted by molar-refractivity contribution is 7.92. The maximum Gasteiger partial charge on any atom is 0.264 e. The number of hydrogen-bond acceptors (Lipinski definition) is 5. The van der Waals surface area contributed by atoms with Crippen molar-refractivity contribution >= 4 is 50.7 Å². The van der Waals surface area contributed by atoms with E-state index in [1.54, 1.807) is 31.2 Å². The third-order valence-electron chi connectivity index (χ3n) is 6.32. The number of ether oxygens (including phenoxy) is 1. The van der Waals surface area contributed by atoms with E-state index in [1.807, 2.05) is 20.8 Å². The van der Waals surface area contributed by atoms with Crippen LogP contribution in [0.25, 0.3) is 0 Å². The Labute approximate surface area is 256 Å². The molecule has 0 heterocycles. The molecule has 0 saturated carbocycles. The Morgan fingerprint density at radius 3 is 2.19 bits per heavy atom. The summed E-state index contributed by atoms with van der Waals surface area (Å²) in [5.41, 5.74) is 0.699. The van der Waals surface area contributed by atoms with Gasteiger partial charge in [0, 0.05) is 23.1 Å². The summed E-state index contributed by atoms with van der Waals surface area (Å²) in [6.45, 7) is 7.33. The number of nitrogens with zero attached hydrogens (tertiary/aromatic N) is 2. The second kappa shape index (κ2) is 14.7. The van der Waals surface area contributed by atoms with Crippen LogP contribution in [0.15, 0.2) is 71.6 Å². The number of sulfonamides is 1. The molecular formula is C30H34Cl2FN3O5S. The number of nitrogens with one attached hydrogen (secondary N) is 1. The number of anilines is 1. The number of rotatable bonds is 13. The predicted molar refractivity (Wildman–Crippen MR) is 163 cm³/mol. The number of hydrogen-bond donors (Lipinski definition) is 1. The van der Waals surface area contributed by atoms with Gasteiger partial charge in [0.25, 0.3) is 10.0 Å². The molecule has 3 aromatic rings. The molecule has 42 heavy (non-hydrogen) atoms. The van der Waals surface area contributed by atoms with E-state index in [0.717, 1.165) is 28.6 Å². The molecule has 226 valence electrons. The lowest BCUT2D eigenvalue weighted by Gasteiger charge is -2.32. The van der Waals surface area contributed by atoms with E-state index < -0.39 is 40.2 Å². The van der Waals surface area contributed by atoms with Crippen LogP contribution < -0.4 is 14.4 Å². The Bertz CT molecular complexity index is 1490. The summed E-state index contributed by atoms with van der Waals surface area (Å²) in [5, 5.41) is 3.51. The first-order valence-electron chi connectivity index (χ1n) is 13.4. The lowest BCUT2D eigenvalue weighted by Crippen LogP contribution is -2.51. The Balaban J connectivity index is 2.04. The van der Waals surface area contributed by atoms with E-state index in [9.17, 15) is 22.4 Å². The molecule has 3 aromatic carbocycles. The average molecular weight is 639 g/mol. The van der Waals surface area contributed by atoms with E-state index in [1.165, 1.54) is 23.1 Å². The number of carbonyl (C=O) groups is 2. The second-order valence-corrected chi connectivity index (χ2v) is 12.7. The van der Waals surface area contributed by atoms with Crippen LogP contribution in [-0.2, 0) is 26.2 Å². The minimum Gasteiger partial charge on any atom is -0.494 e. The van der Waals surface area contributed by atoms with Crippen molar-refractivity contribution in [1.29, 1.82) is 0 Å². The molecule has 0 spiro atoms. The van der Waals surface area contributed by atoms with Crippen molar-refractivity contribution in [1.82, 2.24) is 10.2 Å². The summed E-state index contributed by atoms with van der Waals surface area (Å²) >= 11 is 12.5. The van der Waals surface area contributed by atoms with Gasteiger partial charge in [0.1, 0.15) is 24.2 Å². The van der Waals surface area contributed by atoms with Crippen molar-refractivity contribution in [3.8, 4) is 5.75 Å². The van der Waals surface area contributed by atoms with E-state index in [0.29, 0.717) is 29.5 Å². The van der Waals surface area contributed by atoms with Crippen molar-refractivity contribution in [2.45, 2.75) is 45.2 Å². The smallest absolute Gasteiger partial charge is 0.264 e. The molecule has 8 nitrogen and oxygen atoms in total. The van der Waals surface area contributed by atoms with E-state index in [-0.39, 0.29) is 28.1 Å². The lowest BCUT2D eigenvalue weighted by molar-refractivity contribution is -0.139. The molecular weight excluding hydrogens is 604 g/mol. The van der Waals surface area contributed by atoms with Gasteiger partial charge in [-0.2, -0.15) is 0 Å². The largest absolute Gasteiger partial charge is 0.494 e. The zero-order chi connectivity index (χ0) is 31.0. The maximum absolute atomic E-state index is 14.0. The number of halogens is 3. The monoisotopic (exact) mass is 637 g/mol. The van der Waals surface area contributed by atoms with E-state index in [2.05, 4.69) is 5.32 Å². The fourth-order valence-corrected chi connectivity index (χ4v) is 5.89. The Morgan fingerprint density at radius 2 is 1.62 bits per heavy atom. The number of benzene rings is 3. The Morgan fingerprint density at radius 1 is 0.976 bits per heavy atom. The maximum atomic E-state index is 14.0. The SMILES string of the molecule is CCOc1ccc(N(CC(=O)N(Cc2ccc(Cl)cc2Cl)[C@@H](C)C(=O)NCC(C)C)S(=O)(=O)c2ccc(F)cc2)cc1. The molecule has 1 N–H and O–H groups in total. The zero-order valence-corrected chi connectivity index (χ0v) is 26.1. The van der Waals surface area contributed by atoms with Crippen molar-refractivity contribution < 1.29 is 27.1 Å². The fourth-order valence-electron chi connectivity index (χ4n) is 4.01. The van der Waals surface area contributed by atoms with Gasteiger partial charge in [0.05, 0.1) is 17.2 Å². The Kier molecular flexibility index (Phi) is 11.6. The molecule has 0 unspecified atom stereocenters. The van der Waals surface area contributed by atoms with Crippen LogP contribution in [0.5, 0.6) is 5.75 Å². The molecule has 0 aliphatic rings. The molecule has 0 aliphatic heterocycles. The third kappa shape index (κ3) is 8.59. The van der Waals surface area contributed by atoms with Crippen LogP contribution in [0.1, 0.15) is 33.3 Å². The topological polar surface area (TPSA) is 96.0 Å². The van der Waals surface area contributed by atoms with Gasteiger partial charge >= 0.3 is 0 Å². The van der Waals surface area contributed by atoms with E-state index in [4.69, 9.17) is 27.9 Å². The van der Waals surface area contributed by atoms with Gasteiger partial charge in [-0.1, -0.05) is 43.1 Å². The van der Waals surface area contributed by atoms with Crippen LogP contribution in [0.4, 0.5) is 10.1 Å². The summed E-state index contributed by atoms with van der Waals surface area (Å²) in [5.74, 6) is -0.984. The minimum atomic E-state index is -4.34. The van der Waals surface area contributed by atoms with Crippen LogP contribution >= 0.6 is 23.2 Å². The van der Waals surface area contributed by atoms with Crippen molar-refractivity contribution in [2.75, 3.05) is 24.0 Å². The average Bonchev–Trinajstić information content (AvgIpc) is 2.94. The Hall–Kier alpha value is -3.34. The van der Waals surface area contributed by atoms with Crippen LogP contribution in [0.3, 0.4) is 0 Å². The number of carbonyl (C=O) groups excluding carboxylic acids is 2. The standard InChI is InChI=1S/C30H34Cl2FN3O5S/c1-5-41-26-12-10-25(11-13-26)36(42(39,40)27-14-8-24(33)9-15-27)19-29(37)35(21(4)30(38)34-17-20(2)3)18-22-6-7-23(31)16-28(22)32/h6-16,20-21H,5,17-19H2,1-4H3,(H,34,38)/t21-/m0/s1. The first kappa shape index (κ1) is 33.2. The summed E-state index contributed by atoms with van der Waals surface area (Å²) in [6, 6.07) is 14.3. The van der Waals surface area contributed by atoms with Gasteiger partial charge in [-0.3, -0.25) is 13.9 Å². The summed E-state index contributed by atoms with van der Waals surface area (Å²) in [4.78, 5) is 28.1. The van der Waals surface area contributed by atoms with Gasteiger partial charge in [0.2, 0.25) is 11.8 Å². The van der Waals surface area contributed by atoms with Gasteiger partial charge in [-0.15, -0.1) is 0 Å². The molecule has 0 fully saturated rings.